The molecule has 0 bridgehead atoms. The van der Waals surface area contributed by atoms with Gasteiger partial charge < -0.3 is 15.2 Å². The molecule has 2 aliphatic rings. The number of halogens is 1. The van der Waals surface area contributed by atoms with E-state index in [2.05, 4.69) is 30.2 Å². The van der Waals surface area contributed by atoms with Gasteiger partial charge in [-0.3, -0.25) is 9.69 Å². The van der Waals surface area contributed by atoms with Gasteiger partial charge in [-0.25, -0.2) is 15.0 Å². The molecule has 0 spiro atoms. The van der Waals surface area contributed by atoms with Crippen LogP contribution >= 0.6 is 0 Å². The van der Waals surface area contributed by atoms with Gasteiger partial charge in [0.25, 0.3) is 0 Å². The van der Waals surface area contributed by atoms with E-state index in [4.69, 9.17) is 0 Å². The fourth-order valence-electron chi connectivity index (χ4n) is 4.57. The second-order valence-corrected chi connectivity index (χ2v) is 9.23. The van der Waals surface area contributed by atoms with Gasteiger partial charge in [0, 0.05) is 57.1 Å². The van der Waals surface area contributed by atoms with Crippen molar-refractivity contribution in [1.82, 2.24) is 29.7 Å². The van der Waals surface area contributed by atoms with Crippen LogP contribution < -0.4 is 5.32 Å². The molecule has 3 aromatic heterocycles. The standard InChI is InChI=1S/C26H26FN7O/c27-23-15-20(6-8-28-23)19-3-4-21-22(14-19)31-26(30-21)32-24-13-17(5-7-29-24)16-33-9-11-34(12-10-33)25(35)18-1-2-18/h3-8,13-15,18H,1-2,9-12,16H2,(H2,29,30,31,32). The highest BCUT2D eigenvalue weighted by atomic mass is 19.1. The molecule has 4 heterocycles. The van der Waals surface area contributed by atoms with Crippen molar-refractivity contribution in [3.05, 3.63) is 66.4 Å². The summed E-state index contributed by atoms with van der Waals surface area (Å²) < 4.78 is 13.5. The van der Waals surface area contributed by atoms with Crippen molar-refractivity contribution in [2.45, 2.75) is 19.4 Å². The van der Waals surface area contributed by atoms with Gasteiger partial charge in [0.05, 0.1) is 11.0 Å². The van der Waals surface area contributed by atoms with Crippen LogP contribution in [-0.4, -0.2) is 61.8 Å². The Morgan fingerprint density at radius 3 is 2.60 bits per heavy atom. The fourth-order valence-corrected chi connectivity index (χ4v) is 4.57. The Morgan fingerprint density at radius 2 is 1.80 bits per heavy atom. The number of amides is 1. The molecule has 0 radical (unpaired) electrons. The van der Waals surface area contributed by atoms with Crippen molar-refractivity contribution in [1.29, 1.82) is 0 Å². The Balaban J connectivity index is 1.11. The van der Waals surface area contributed by atoms with Crippen LogP contribution in [0.5, 0.6) is 0 Å². The highest BCUT2D eigenvalue weighted by Gasteiger charge is 2.34. The maximum Gasteiger partial charge on any atom is 0.225 e. The van der Waals surface area contributed by atoms with Gasteiger partial charge in [-0.2, -0.15) is 4.39 Å². The van der Waals surface area contributed by atoms with Crippen molar-refractivity contribution >= 4 is 28.7 Å². The third-order valence-electron chi connectivity index (χ3n) is 6.63. The lowest BCUT2D eigenvalue weighted by Crippen LogP contribution is -2.48. The lowest BCUT2D eigenvalue weighted by atomic mass is 10.1. The molecule has 35 heavy (non-hydrogen) atoms. The van der Waals surface area contributed by atoms with Crippen LogP contribution in [0.2, 0.25) is 0 Å². The number of fused-ring (bicyclic) bond motifs is 1. The highest BCUT2D eigenvalue weighted by molar-refractivity contribution is 5.84. The molecule has 1 amide bonds. The summed E-state index contributed by atoms with van der Waals surface area (Å²) in [6.45, 7) is 4.19. The summed E-state index contributed by atoms with van der Waals surface area (Å²) in [6.07, 6.45) is 5.37. The number of aromatic amines is 1. The number of piperazine rings is 1. The normalized spacial score (nSPS) is 16.5. The third-order valence-corrected chi connectivity index (χ3v) is 6.63. The Hall–Kier alpha value is -3.85. The molecule has 8 nitrogen and oxygen atoms in total. The lowest BCUT2D eigenvalue weighted by molar-refractivity contribution is -0.134. The molecular formula is C26H26FN7O. The van der Waals surface area contributed by atoms with Crippen molar-refractivity contribution in [3.63, 3.8) is 0 Å². The van der Waals surface area contributed by atoms with Gasteiger partial charge in [0.2, 0.25) is 17.8 Å². The molecule has 178 valence electrons. The predicted molar refractivity (Wildman–Crippen MR) is 131 cm³/mol. The maximum absolute atomic E-state index is 13.5. The number of aromatic nitrogens is 4. The Bertz CT molecular complexity index is 1380. The molecule has 4 aromatic rings. The van der Waals surface area contributed by atoms with E-state index in [9.17, 15) is 9.18 Å². The lowest BCUT2D eigenvalue weighted by Gasteiger charge is -2.34. The molecule has 0 unspecified atom stereocenters. The molecule has 9 heteroatoms. The van der Waals surface area contributed by atoms with E-state index in [-0.39, 0.29) is 0 Å². The molecule has 1 aliphatic carbocycles. The minimum atomic E-state index is -0.505. The van der Waals surface area contributed by atoms with Crippen LogP contribution in [0.1, 0.15) is 18.4 Å². The van der Waals surface area contributed by atoms with E-state index in [1.807, 2.05) is 35.2 Å². The van der Waals surface area contributed by atoms with Crippen LogP contribution in [0.25, 0.3) is 22.2 Å². The summed E-state index contributed by atoms with van der Waals surface area (Å²) in [7, 11) is 0. The van der Waals surface area contributed by atoms with E-state index in [1.165, 1.54) is 12.3 Å². The number of anilines is 2. The Kier molecular flexibility index (Phi) is 5.61. The van der Waals surface area contributed by atoms with Gasteiger partial charge in [-0.15, -0.1) is 0 Å². The molecule has 1 aromatic carbocycles. The summed E-state index contributed by atoms with van der Waals surface area (Å²) >= 11 is 0. The van der Waals surface area contributed by atoms with Crippen molar-refractivity contribution in [3.8, 4) is 11.1 Å². The van der Waals surface area contributed by atoms with Crippen LogP contribution in [0, 0.1) is 11.9 Å². The van der Waals surface area contributed by atoms with Gasteiger partial charge >= 0.3 is 0 Å². The highest BCUT2D eigenvalue weighted by Crippen LogP contribution is 2.31. The first kappa shape index (κ1) is 21.7. The largest absolute Gasteiger partial charge is 0.340 e. The molecule has 0 atom stereocenters. The first-order valence-electron chi connectivity index (χ1n) is 12.0. The topological polar surface area (TPSA) is 90.0 Å². The van der Waals surface area contributed by atoms with Crippen LogP contribution in [-0.2, 0) is 11.3 Å². The van der Waals surface area contributed by atoms with E-state index < -0.39 is 5.95 Å². The van der Waals surface area contributed by atoms with Crippen LogP contribution in [0.15, 0.2) is 54.9 Å². The second kappa shape index (κ2) is 9.07. The van der Waals surface area contributed by atoms with Gasteiger partial charge in [0.1, 0.15) is 5.82 Å². The number of imidazole rings is 1. The van der Waals surface area contributed by atoms with Gasteiger partial charge in [-0.05, 0) is 59.9 Å². The van der Waals surface area contributed by atoms with Gasteiger partial charge in [0.15, 0.2) is 0 Å². The summed E-state index contributed by atoms with van der Waals surface area (Å²) in [5.74, 6) is 1.43. The number of hydrogen-bond donors (Lipinski definition) is 2. The predicted octanol–water partition coefficient (Wildman–Crippen LogP) is 3.96. The van der Waals surface area contributed by atoms with Crippen LogP contribution in [0.3, 0.4) is 0 Å². The van der Waals surface area contributed by atoms with Crippen molar-refractivity contribution < 1.29 is 9.18 Å². The summed E-state index contributed by atoms with van der Waals surface area (Å²) in [5, 5.41) is 3.26. The number of pyridine rings is 2. The maximum atomic E-state index is 13.5. The number of benzene rings is 1. The first-order chi connectivity index (χ1) is 17.1. The average molecular weight is 472 g/mol. The average Bonchev–Trinajstić information content (AvgIpc) is 3.64. The van der Waals surface area contributed by atoms with E-state index in [0.717, 1.165) is 73.3 Å². The number of rotatable bonds is 6. The second-order valence-electron chi connectivity index (χ2n) is 9.23. The Morgan fingerprint density at radius 1 is 1.00 bits per heavy atom. The minimum Gasteiger partial charge on any atom is -0.340 e. The summed E-state index contributed by atoms with van der Waals surface area (Å²) in [6, 6.07) is 13.0. The third kappa shape index (κ3) is 4.85. The molecule has 2 N–H and O–H groups in total. The zero-order chi connectivity index (χ0) is 23.8. The van der Waals surface area contributed by atoms with Gasteiger partial charge in [-0.1, -0.05) is 6.07 Å². The number of hydrogen-bond acceptors (Lipinski definition) is 6. The first-order valence-corrected chi connectivity index (χ1v) is 12.0. The van der Waals surface area contributed by atoms with Crippen molar-refractivity contribution in [2.24, 2.45) is 5.92 Å². The number of nitrogens with one attached hydrogen (secondary N) is 2. The number of carbonyl (C=O) groups is 1. The number of H-pyrrole nitrogens is 1. The summed E-state index contributed by atoms with van der Waals surface area (Å²) in [5.41, 5.74) is 4.45. The monoisotopic (exact) mass is 471 g/mol. The summed E-state index contributed by atoms with van der Waals surface area (Å²) in [4.78, 5) is 32.6. The molecule has 6 rings (SSSR count). The SMILES string of the molecule is O=C(C1CC1)N1CCN(Cc2ccnc(Nc3nc4ccc(-c5ccnc(F)c5)cc4[nH]3)c2)CC1. The van der Waals surface area contributed by atoms with Crippen molar-refractivity contribution in [2.75, 3.05) is 31.5 Å². The molecular weight excluding hydrogens is 445 g/mol. The zero-order valence-corrected chi connectivity index (χ0v) is 19.2. The zero-order valence-electron chi connectivity index (χ0n) is 19.2. The Labute approximate surface area is 202 Å². The fraction of sp³-hybridized carbons (Fsp3) is 0.308. The van der Waals surface area contributed by atoms with E-state index in [1.54, 1.807) is 12.3 Å². The van der Waals surface area contributed by atoms with E-state index in [0.29, 0.717) is 23.6 Å². The van der Waals surface area contributed by atoms with E-state index >= 15 is 0 Å². The quantitative estimate of drug-likeness (QED) is 0.414. The molecule has 1 aliphatic heterocycles. The molecule has 2 fully saturated rings. The molecule has 1 saturated heterocycles. The number of carbonyl (C=O) groups excluding carboxylic acids is 1. The minimum absolute atomic E-state index is 0.291. The molecule has 1 saturated carbocycles. The smallest absolute Gasteiger partial charge is 0.225 e. The number of nitrogens with zero attached hydrogens (tertiary/aromatic N) is 5. The van der Waals surface area contributed by atoms with Crippen LogP contribution in [0.4, 0.5) is 16.2 Å².